The van der Waals surface area contributed by atoms with Gasteiger partial charge >= 0.3 is 99.2 Å². The van der Waals surface area contributed by atoms with E-state index < -0.39 is 0 Å². The third-order valence-electron chi connectivity index (χ3n) is 4.90. The Morgan fingerprint density at radius 3 is 1.70 bits per heavy atom. The molecular formula is C27H21Cl2Zr-. The second-order valence-corrected chi connectivity index (χ2v) is 8.05. The summed E-state index contributed by atoms with van der Waals surface area (Å²) in [6.07, 6.45) is 8.69. The van der Waals surface area contributed by atoms with E-state index in [2.05, 4.69) is 121 Å². The van der Waals surface area contributed by atoms with Gasteiger partial charge in [-0.2, -0.15) is 6.07 Å². The Labute approximate surface area is 205 Å². The van der Waals surface area contributed by atoms with E-state index in [1.807, 2.05) is 0 Å². The van der Waals surface area contributed by atoms with Gasteiger partial charge in [-0.1, -0.05) is 30.4 Å². The first kappa shape index (κ1) is 24.4. The Hall–Kier alpha value is -1.92. The van der Waals surface area contributed by atoms with E-state index >= 15 is 0 Å². The van der Waals surface area contributed by atoms with E-state index in [0.29, 0.717) is 5.92 Å². The molecule has 0 aliphatic heterocycles. The molecule has 0 amide bonds. The summed E-state index contributed by atoms with van der Waals surface area (Å²) in [6.45, 7) is 0. The van der Waals surface area contributed by atoms with Crippen LogP contribution in [0.1, 0.15) is 22.6 Å². The van der Waals surface area contributed by atoms with Gasteiger partial charge in [-0.3, -0.25) is 0 Å². The fourth-order valence-corrected chi connectivity index (χ4v) is 4.22. The molecule has 0 N–H and O–H groups in total. The molecule has 0 unspecified atom stereocenters. The predicted molar refractivity (Wildman–Crippen MR) is 117 cm³/mol. The van der Waals surface area contributed by atoms with E-state index in [1.54, 1.807) is 0 Å². The third kappa shape index (κ3) is 6.05. The van der Waals surface area contributed by atoms with Crippen LogP contribution >= 0.6 is 0 Å². The average molecular weight is 508 g/mol. The first-order chi connectivity index (χ1) is 13.8. The SMILES string of the molecule is C1=CC(c2cc3ccccc3[cH-]2)C=C1.[Cl-].[Cl-].[Zr+2]=[C](c1ccccc1)c1ccccc1. The Morgan fingerprint density at radius 1 is 0.667 bits per heavy atom. The Kier molecular flexibility index (Phi) is 9.79. The Morgan fingerprint density at radius 2 is 1.17 bits per heavy atom. The van der Waals surface area contributed by atoms with E-state index in [4.69, 9.17) is 0 Å². The van der Waals surface area contributed by atoms with Gasteiger partial charge in [-0.25, -0.2) is 0 Å². The summed E-state index contributed by atoms with van der Waals surface area (Å²) >= 11 is 1.46. The minimum atomic E-state index is 0. The molecule has 1 aliphatic rings. The molecule has 0 aromatic heterocycles. The number of hydrogen-bond acceptors (Lipinski definition) is 0. The van der Waals surface area contributed by atoms with Gasteiger partial charge in [0.1, 0.15) is 0 Å². The fraction of sp³-hybridized carbons (Fsp3) is 0.0370. The number of hydrogen-bond donors (Lipinski definition) is 0. The molecule has 30 heavy (non-hydrogen) atoms. The van der Waals surface area contributed by atoms with Crippen LogP contribution in [0.5, 0.6) is 0 Å². The van der Waals surface area contributed by atoms with Crippen LogP contribution in [0.4, 0.5) is 0 Å². The van der Waals surface area contributed by atoms with Gasteiger partial charge in [-0.15, -0.1) is 40.6 Å². The summed E-state index contributed by atoms with van der Waals surface area (Å²) < 4.78 is 1.42. The van der Waals surface area contributed by atoms with Crippen molar-refractivity contribution in [3.05, 3.63) is 138 Å². The van der Waals surface area contributed by atoms with Crippen LogP contribution in [-0.4, -0.2) is 3.21 Å². The predicted octanol–water partition coefficient (Wildman–Crippen LogP) is 0.579. The van der Waals surface area contributed by atoms with Crippen LogP contribution in [-0.2, 0) is 24.2 Å². The average Bonchev–Trinajstić information content (AvgIpc) is 3.44. The normalized spacial score (nSPS) is 11.9. The number of benzene rings is 3. The van der Waals surface area contributed by atoms with Gasteiger partial charge in [0.2, 0.25) is 0 Å². The zero-order valence-corrected chi connectivity index (χ0v) is 20.4. The topological polar surface area (TPSA) is 0 Å². The number of halogens is 2. The van der Waals surface area contributed by atoms with Crippen molar-refractivity contribution in [2.45, 2.75) is 5.92 Å². The monoisotopic (exact) mass is 505 g/mol. The Balaban J connectivity index is 0.000000200. The zero-order valence-electron chi connectivity index (χ0n) is 16.4. The maximum atomic E-state index is 2.28. The molecule has 0 spiro atoms. The minimum absolute atomic E-state index is 0. The van der Waals surface area contributed by atoms with Crippen molar-refractivity contribution in [1.82, 2.24) is 0 Å². The number of rotatable bonds is 3. The first-order valence-corrected chi connectivity index (χ1v) is 10.7. The maximum absolute atomic E-state index is 2.28. The third-order valence-corrected chi connectivity index (χ3v) is 6.32. The molecule has 148 valence electrons. The van der Waals surface area contributed by atoms with Crippen molar-refractivity contribution in [3.63, 3.8) is 0 Å². The van der Waals surface area contributed by atoms with Gasteiger partial charge in [0.05, 0.1) is 0 Å². The number of allylic oxidation sites excluding steroid dienone is 4. The molecule has 0 heterocycles. The van der Waals surface area contributed by atoms with E-state index in [1.165, 1.54) is 54.9 Å². The summed E-state index contributed by atoms with van der Waals surface area (Å²) in [4.78, 5) is 0. The molecule has 3 heteroatoms. The molecule has 0 bridgehead atoms. The van der Waals surface area contributed by atoms with Gasteiger partial charge < -0.3 is 24.8 Å². The van der Waals surface area contributed by atoms with Crippen molar-refractivity contribution < 1.29 is 49.0 Å². The van der Waals surface area contributed by atoms with Crippen LogP contribution in [0.3, 0.4) is 0 Å². The molecule has 1 aliphatic carbocycles. The molecular weight excluding hydrogens is 486 g/mol. The van der Waals surface area contributed by atoms with Crippen molar-refractivity contribution in [3.8, 4) is 0 Å². The summed E-state index contributed by atoms with van der Waals surface area (Å²) in [6, 6.07) is 34.2. The molecule has 5 rings (SSSR count). The molecule has 0 radical (unpaired) electrons. The van der Waals surface area contributed by atoms with E-state index in [-0.39, 0.29) is 24.8 Å². The van der Waals surface area contributed by atoms with Crippen molar-refractivity contribution in [2.75, 3.05) is 0 Å². The molecule has 4 aromatic carbocycles. The summed E-state index contributed by atoms with van der Waals surface area (Å²) in [5, 5.41) is 2.69. The van der Waals surface area contributed by atoms with Crippen molar-refractivity contribution >= 4 is 14.0 Å². The van der Waals surface area contributed by atoms with Crippen LogP contribution in [0.15, 0.2) is 121 Å². The standard InChI is InChI=1S/C14H11.C13H10.2ClH.Zr/c1-2-6-11(5-1)14-9-12-7-3-4-8-13(12)10-14;1-3-7-12(8-4-1)11-13-9-5-2-6-10-13;;;/h1-11H;1-10H;2*1H;/q-1;;;;+2/p-2. The molecule has 0 atom stereocenters. The van der Waals surface area contributed by atoms with Crippen LogP contribution in [0.25, 0.3) is 10.8 Å². The van der Waals surface area contributed by atoms with Gasteiger partial charge in [-0.05, 0) is 0 Å². The second kappa shape index (κ2) is 12.1. The van der Waals surface area contributed by atoms with Crippen molar-refractivity contribution in [2.24, 2.45) is 0 Å². The second-order valence-electron chi connectivity index (χ2n) is 6.82. The summed E-state index contributed by atoms with van der Waals surface area (Å²) in [5.74, 6) is 0.488. The van der Waals surface area contributed by atoms with Gasteiger partial charge in [0.25, 0.3) is 0 Å². The van der Waals surface area contributed by atoms with Crippen LogP contribution in [0.2, 0.25) is 0 Å². The molecule has 4 aromatic rings. The van der Waals surface area contributed by atoms with Crippen molar-refractivity contribution in [1.29, 1.82) is 0 Å². The summed E-state index contributed by atoms with van der Waals surface area (Å²) in [7, 11) is 0. The fourth-order valence-electron chi connectivity index (χ4n) is 3.40. The van der Waals surface area contributed by atoms with E-state index in [9.17, 15) is 0 Å². The zero-order chi connectivity index (χ0) is 19.2. The summed E-state index contributed by atoms with van der Waals surface area (Å²) in [5.41, 5.74) is 4.06. The Bertz CT molecular complexity index is 1040. The van der Waals surface area contributed by atoms with E-state index in [0.717, 1.165) is 0 Å². The molecule has 0 nitrogen and oxygen atoms in total. The first-order valence-electron chi connectivity index (χ1n) is 9.51. The van der Waals surface area contributed by atoms with Crippen LogP contribution in [0, 0.1) is 0 Å². The quantitative estimate of drug-likeness (QED) is 0.356. The molecule has 0 saturated carbocycles. The van der Waals surface area contributed by atoms with Gasteiger partial charge in [0.15, 0.2) is 0 Å². The number of fused-ring (bicyclic) bond motifs is 1. The molecule has 0 fully saturated rings. The van der Waals surface area contributed by atoms with Crippen LogP contribution < -0.4 is 24.8 Å². The van der Waals surface area contributed by atoms with Gasteiger partial charge in [0, 0.05) is 5.92 Å². The molecule has 0 saturated heterocycles.